The fourth-order valence-corrected chi connectivity index (χ4v) is 2.55. The van der Waals surface area contributed by atoms with Crippen molar-refractivity contribution in [1.29, 1.82) is 0 Å². The number of halogens is 1. The predicted molar refractivity (Wildman–Crippen MR) is 63.3 cm³/mol. The maximum Gasteiger partial charge on any atom is 0.189 e. The zero-order valence-corrected chi connectivity index (χ0v) is 10.1. The molecule has 1 N–H and O–H groups in total. The average molecular weight is 256 g/mol. The molecule has 5 heteroatoms. The van der Waals surface area contributed by atoms with Crippen LogP contribution in [0.3, 0.4) is 0 Å². The SMILES string of the molecule is Clc1ccc2c(c1C1CNCCO1)COCO2. The summed E-state index contributed by atoms with van der Waals surface area (Å²) in [6.07, 6.45) is -0.0171. The summed E-state index contributed by atoms with van der Waals surface area (Å²) in [5, 5.41) is 4.02. The molecule has 92 valence electrons. The van der Waals surface area contributed by atoms with Gasteiger partial charge in [0, 0.05) is 29.2 Å². The highest BCUT2D eigenvalue weighted by Gasteiger charge is 2.25. The van der Waals surface area contributed by atoms with Crippen LogP contribution >= 0.6 is 11.6 Å². The summed E-state index contributed by atoms with van der Waals surface area (Å²) in [5.74, 6) is 0.852. The topological polar surface area (TPSA) is 39.7 Å². The minimum Gasteiger partial charge on any atom is -0.467 e. The van der Waals surface area contributed by atoms with E-state index in [1.54, 1.807) is 0 Å². The third-order valence-corrected chi connectivity index (χ3v) is 3.38. The minimum atomic E-state index is -0.0171. The first-order chi connectivity index (χ1) is 8.36. The van der Waals surface area contributed by atoms with Crippen molar-refractivity contribution in [2.24, 2.45) is 0 Å². The van der Waals surface area contributed by atoms with Crippen LogP contribution in [0.15, 0.2) is 12.1 Å². The summed E-state index contributed by atoms with van der Waals surface area (Å²) in [4.78, 5) is 0. The van der Waals surface area contributed by atoms with Gasteiger partial charge in [-0.05, 0) is 12.1 Å². The molecule has 0 aromatic heterocycles. The molecule has 1 saturated heterocycles. The van der Waals surface area contributed by atoms with Crippen LogP contribution in [0.4, 0.5) is 0 Å². The van der Waals surface area contributed by atoms with E-state index in [4.69, 9.17) is 25.8 Å². The lowest BCUT2D eigenvalue weighted by Gasteiger charge is -2.29. The maximum absolute atomic E-state index is 6.28. The normalized spacial score (nSPS) is 23.9. The first-order valence-electron chi connectivity index (χ1n) is 5.70. The highest BCUT2D eigenvalue weighted by molar-refractivity contribution is 6.31. The van der Waals surface area contributed by atoms with Crippen LogP contribution < -0.4 is 10.1 Å². The van der Waals surface area contributed by atoms with E-state index in [9.17, 15) is 0 Å². The van der Waals surface area contributed by atoms with Crippen molar-refractivity contribution in [2.75, 3.05) is 26.5 Å². The van der Waals surface area contributed by atoms with Gasteiger partial charge in [-0.1, -0.05) is 11.6 Å². The molecule has 3 rings (SSSR count). The second kappa shape index (κ2) is 4.82. The van der Waals surface area contributed by atoms with Crippen molar-refractivity contribution in [3.05, 3.63) is 28.3 Å². The molecule has 1 atom stereocenters. The zero-order chi connectivity index (χ0) is 11.7. The quantitative estimate of drug-likeness (QED) is 0.832. The Morgan fingerprint density at radius 3 is 3.12 bits per heavy atom. The standard InChI is InChI=1S/C12H14ClNO3/c13-9-1-2-10-8(6-15-7-17-10)12(9)11-5-14-3-4-16-11/h1-2,11,14H,3-7H2. The van der Waals surface area contributed by atoms with E-state index in [0.717, 1.165) is 30.0 Å². The number of morpholine rings is 1. The molecule has 2 aliphatic heterocycles. The van der Waals surface area contributed by atoms with Crippen molar-refractivity contribution in [2.45, 2.75) is 12.7 Å². The number of benzene rings is 1. The molecule has 2 heterocycles. The molecule has 1 unspecified atom stereocenters. The lowest BCUT2D eigenvalue weighted by Crippen LogP contribution is -2.34. The van der Waals surface area contributed by atoms with E-state index in [2.05, 4.69) is 5.32 Å². The third-order valence-electron chi connectivity index (χ3n) is 3.05. The van der Waals surface area contributed by atoms with Gasteiger partial charge in [0.2, 0.25) is 0 Å². The third kappa shape index (κ3) is 2.13. The predicted octanol–water partition coefficient (Wildman–Crippen LogP) is 1.87. The molecule has 0 amide bonds. The van der Waals surface area contributed by atoms with E-state index in [-0.39, 0.29) is 6.10 Å². The molecule has 1 fully saturated rings. The van der Waals surface area contributed by atoms with Gasteiger partial charge in [0.25, 0.3) is 0 Å². The van der Waals surface area contributed by atoms with Gasteiger partial charge in [0.15, 0.2) is 6.79 Å². The van der Waals surface area contributed by atoms with Gasteiger partial charge < -0.3 is 19.5 Å². The Morgan fingerprint density at radius 2 is 2.29 bits per heavy atom. The van der Waals surface area contributed by atoms with Crippen molar-refractivity contribution in [1.82, 2.24) is 5.32 Å². The highest BCUT2D eigenvalue weighted by atomic mass is 35.5. The number of hydrogen-bond donors (Lipinski definition) is 1. The van der Waals surface area contributed by atoms with Crippen molar-refractivity contribution < 1.29 is 14.2 Å². The molecular weight excluding hydrogens is 242 g/mol. The average Bonchev–Trinajstić information content (AvgIpc) is 2.39. The second-order valence-electron chi connectivity index (χ2n) is 4.11. The van der Waals surface area contributed by atoms with Gasteiger partial charge in [-0.25, -0.2) is 0 Å². The van der Waals surface area contributed by atoms with E-state index >= 15 is 0 Å². The van der Waals surface area contributed by atoms with Gasteiger partial charge >= 0.3 is 0 Å². The molecule has 0 saturated carbocycles. The van der Waals surface area contributed by atoms with E-state index in [1.807, 2.05) is 12.1 Å². The van der Waals surface area contributed by atoms with E-state index < -0.39 is 0 Å². The second-order valence-corrected chi connectivity index (χ2v) is 4.52. The maximum atomic E-state index is 6.28. The van der Waals surface area contributed by atoms with Crippen molar-refractivity contribution >= 4 is 11.6 Å². The summed E-state index contributed by atoms with van der Waals surface area (Å²) in [7, 11) is 0. The fourth-order valence-electron chi connectivity index (χ4n) is 2.25. The molecule has 17 heavy (non-hydrogen) atoms. The Kier molecular flexibility index (Phi) is 3.20. The Bertz CT molecular complexity index is 418. The van der Waals surface area contributed by atoms with Crippen LogP contribution in [-0.4, -0.2) is 26.5 Å². The van der Waals surface area contributed by atoms with Gasteiger partial charge in [-0.15, -0.1) is 0 Å². The molecule has 2 aliphatic rings. The first-order valence-corrected chi connectivity index (χ1v) is 6.08. The van der Waals surface area contributed by atoms with E-state index in [0.29, 0.717) is 25.0 Å². The van der Waals surface area contributed by atoms with Crippen LogP contribution in [0.5, 0.6) is 5.75 Å². The Hall–Kier alpha value is -0.810. The molecule has 0 bridgehead atoms. The summed E-state index contributed by atoms with van der Waals surface area (Å²) >= 11 is 6.28. The zero-order valence-electron chi connectivity index (χ0n) is 9.37. The molecular formula is C12H14ClNO3. The van der Waals surface area contributed by atoms with Gasteiger partial charge in [-0.2, -0.15) is 0 Å². The van der Waals surface area contributed by atoms with Crippen LogP contribution in [-0.2, 0) is 16.1 Å². The number of ether oxygens (including phenoxy) is 3. The van der Waals surface area contributed by atoms with Crippen molar-refractivity contribution in [3.8, 4) is 5.75 Å². The number of hydrogen-bond acceptors (Lipinski definition) is 4. The highest BCUT2D eigenvalue weighted by Crippen LogP contribution is 2.37. The van der Waals surface area contributed by atoms with Crippen LogP contribution in [0, 0.1) is 0 Å². The van der Waals surface area contributed by atoms with Gasteiger partial charge in [0.1, 0.15) is 5.75 Å². The summed E-state index contributed by atoms with van der Waals surface area (Å²) in [6.45, 7) is 3.20. The first kappa shape index (κ1) is 11.3. The fraction of sp³-hybridized carbons (Fsp3) is 0.500. The molecule has 1 aromatic rings. The molecule has 1 aromatic carbocycles. The lowest BCUT2D eigenvalue weighted by molar-refractivity contribution is -0.0210. The van der Waals surface area contributed by atoms with Gasteiger partial charge in [-0.3, -0.25) is 0 Å². The monoisotopic (exact) mass is 255 g/mol. The summed E-state index contributed by atoms with van der Waals surface area (Å²) in [6, 6.07) is 3.75. The Labute approximate surface area is 105 Å². The molecule has 0 aliphatic carbocycles. The molecule has 0 spiro atoms. The Balaban J connectivity index is 2.01. The largest absolute Gasteiger partial charge is 0.467 e. The smallest absolute Gasteiger partial charge is 0.189 e. The molecule has 4 nitrogen and oxygen atoms in total. The van der Waals surface area contributed by atoms with Gasteiger partial charge in [0.05, 0.1) is 19.3 Å². The van der Waals surface area contributed by atoms with Crippen LogP contribution in [0.1, 0.15) is 17.2 Å². The van der Waals surface area contributed by atoms with E-state index in [1.165, 1.54) is 0 Å². The van der Waals surface area contributed by atoms with Crippen LogP contribution in [0.25, 0.3) is 0 Å². The summed E-state index contributed by atoms with van der Waals surface area (Å²) < 4.78 is 16.5. The lowest BCUT2D eigenvalue weighted by atomic mass is 10.0. The molecule has 0 radical (unpaired) electrons. The minimum absolute atomic E-state index is 0.0171. The van der Waals surface area contributed by atoms with Crippen LogP contribution in [0.2, 0.25) is 5.02 Å². The number of nitrogens with one attached hydrogen (secondary N) is 1. The van der Waals surface area contributed by atoms with Crippen molar-refractivity contribution in [3.63, 3.8) is 0 Å². The Morgan fingerprint density at radius 1 is 1.35 bits per heavy atom. The number of rotatable bonds is 1. The number of fused-ring (bicyclic) bond motifs is 1. The summed E-state index contributed by atoms with van der Waals surface area (Å²) in [5.41, 5.74) is 2.01.